The van der Waals surface area contributed by atoms with E-state index in [2.05, 4.69) is 10.5 Å². The topological polar surface area (TPSA) is 102 Å². The van der Waals surface area contributed by atoms with E-state index >= 15 is 0 Å². The largest absolute Gasteiger partial charge is 0.497 e. The average Bonchev–Trinajstić information content (AvgIpc) is 3.11. The lowest BCUT2D eigenvalue weighted by Crippen LogP contribution is -2.39. The summed E-state index contributed by atoms with van der Waals surface area (Å²) < 4.78 is 38.3. The fourth-order valence-corrected chi connectivity index (χ4v) is 4.80. The van der Waals surface area contributed by atoms with E-state index in [1.807, 2.05) is 30.5 Å². The zero-order valence-electron chi connectivity index (χ0n) is 20.4. The van der Waals surface area contributed by atoms with Gasteiger partial charge in [-0.3, -0.25) is 9.10 Å². The van der Waals surface area contributed by atoms with Gasteiger partial charge in [0, 0.05) is 28.7 Å². The summed E-state index contributed by atoms with van der Waals surface area (Å²) in [5.41, 5.74) is 5.97. The molecule has 12 heteroatoms. The summed E-state index contributed by atoms with van der Waals surface area (Å²) in [4.78, 5) is 12.6. The van der Waals surface area contributed by atoms with E-state index < -0.39 is 22.5 Å². The van der Waals surface area contributed by atoms with Gasteiger partial charge in [0.1, 0.15) is 18.0 Å². The highest BCUT2D eigenvalue weighted by molar-refractivity contribution is 7.92. The lowest BCUT2D eigenvalue weighted by molar-refractivity contribution is -0.119. The number of hydrogen-bond donors (Lipinski definition) is 1. The fraction of sp³-hybridized carbons (Fsp3) is 0.250. The molecule has 1 amide bonds. The van der Waals surface area contributed by atoms with Crippen molar-refractivity contribution in [3.63, 3.8) is 0 Å². The maximum atomic E-state index is 12.6. The highest BCUT2D eigenvalue weighted by atomic mass is 35.5. The zero-order chi connectivity index (χ0) is 26.6. The Morgan fingerprint density at radius 1 is 1.08 bits per heavy atom. The van der Waals surface area contributed by atoms with Gasteiger partial charge in [0.25, 0.3) is 5.91 Å². The molecule has 0 unspecified atom stereocenters. The summed E-state index contributed by atoms with van der Waals surface area (Å²) in [6, 6.07) is 11.9. The molecule has 192 valence electrons. The van der Waals surface area contributed by atoms with Gasteiger partial charge in [-0.2, -0.15) is 5.10 Å². The number of hydrogen-bond acceptors (Lipinski definition) is 6. The first-order chi connectivity index (χ1) is 17.0. The van der Waals surface area contributed by atoms with Crippen LogP contribution in [-0.4, -0.2) is 52.1 Å². The predicted octanol–water partition coefficient (Wildman–Crippen LogP) is 4.33. The third-order valence-corrected chi connectivity index (χ3v) is 7.23. The molecule has 0 bridgehead atoms. The van der Waals surface area contributed by atoms with Crippen LogP contribution >= 0.6 is 23.2 Å². The number of nitrogens with one attached hydrogen (secondary N) is 1. The third kappa shape index (κ3) is 6.13. The maximum Gasteiger partial charge on any atom is 0.260 e. The monoisotopic (exact) mass is 552 g/mol. The molecule has 0 aliphatic carbocycles. The van der Waals surface area contributed by atoms with Crippen molar-refractivity contribution in [3.05, 3.63) is 69.5 Å². The number of methoxy groups -OCH3 is 2. The number of halogens is 2. The molecule has 0 aliphatic heterocycles. The molecule has 1 aromatic heterocycles. The van der Waals surface area contributed by atoms with Crippen molar-refractivity contribution in [1.82, 2.24) is 9.99 Å². The maximum absolute atomic E-state index is 12.6. The van der Waals surface area contributed by atoms with Crippen LogP contribution in [0.25, 0.3) is 5.69 Å². The first-order valence-corrected chi connectivity index (χ1v) is 13.2. The molecule has 0 aliphatic rings. The van der Waals surface area contributed by atoms with Gasteiger partial charge in [0.05, 0.1) is 42.4 Å². The molecule has 0 atom stereocenters. The second-order valence-electron chi connectivity index (χ2n) is 7.86. The first-order valence-electron chi connectivity index (χ1n) is 10.6. The predicted molar refractivity (Wildman–Crippen MR) is 143 cm³/mol. The van der Waals surface area contributed by atoms with Gasteiger partial charge in [0.2, 0.25) is 10.0 Å². The molecule has 9 nitrogen and oxygen atoms in total. The number of carbonyl (C=O) groups is 1. The highest BCUT2D eigenvalue weighted by Gasteiger charge is 2.24. The Balaban J connectivity index is 1.79. The van der Waals surface area contributed by atoms with Crippen LogP contribution in [0.4, 0.5) is 5.69 Å². The molecule has 0 radical (unpaired) electrons. The van der Waals surface area contributed by atoms with E-state index in [1.54, 1.807) is 18.2 Å². The lowest BCUT2D eigenvalue weighted by Gasteiger charge is -2.23. The third-order valence-electron chi connectivity index (χ3n) is 5.37. The molecular weight excluding hydrogens is 527 g/mol. The molecule has 0 fully saturated rings. The van der Waals surface area contributed by atoms with E-state index in [1.165, 1.54) is 32.6 Å². The summed E-state index contributed by atoms with van der Waals surface area (Å²) in [7, 11) is -0.930. The Morgan fingerprint density at radius 3 is 2.42 bits per heavy atom. The van der Waals surface area contributed by atoms with Crippen LogP contribution in [0, 0.1) is 13.8 Å². The number of anilines is 1. The quantitative estimate of drug-likeness (QED) is 0.314. The molecule has 3 aromatic rings. The van der Waals surface area contributed by atoms with Gasteiger partial charge in [0.15, 0.2) is 0 Å². The molecule has 1 heterocycles. The van der Waals surface area contributed by atoms with E-state index in [4.69, 9.17) is 32.7 Å². The highest BCUT2D eigenvalue weighted by Crippen LogP contribution is 2.33. The summed E-state index contributed by atoms with van der Waals surface area (Å²) >= 11 is 12.2. The van der Waals surface area contributed by atoms with Crippen molar-refractivity contribution in [2.24, 2.45) is 5.10 Å². The summed E-state index contributed by atoms with van der Waals surface area (Å²) in [6.07, 6.45) is 2.50. The second kappa shape index (κ2) is 11.2. The van der Waals surface area contributed by atoms with Crippen LogP contribution < -0.4 is 19.2 Å². The first kappa shape index (κ1) is 27.4. The van der Waals surface area contributed by atoms with Crippen LogP contribution in [-0.2, 0) is 14.8 Å². The number of hydrazone groups is 1. The van der Waals surface area contributed by atoms with Crippen LogP contribution in [0.3, 0.4) is 0 Å². The Labute approximate surface area is 220 Å². The smallest absolute Gasteiger partial charge is 0.260 e. The number of nitrogens with zero attached hydrogens (tertiary/aromatic N) is 3. The number of benzene rings is 2. The number of sulfonamides is 1. The SMILES string of the molecule is COc1ccc(N(CC(=O)N/N=C\c2cc(C)n(-c3ccc(Cl)c(Cl)c3)c2C)S(C)(=O)=O)c(OC)c1. The summed E-state index contributed by atoms with van der Waals surface area (Å²) in [6.45, 7) is 3.33. The van der Waals surface area contributed by atoms with E-state index in [9.17, 15) is 13.2 Å². The van der Waals surface area contributed by atoms with Crippen molar-refractivity contribution in [3.8, 4) is 17.2 Å². The van der Waals surface area contributed by atoms with Gasteiger partial charge in [-0.25, -0.2) is 13.8 Å². The number of rotatable bonds is 9. The van der Waals surface area contributed by atoms with Crippen molar-refractivity contribution < 1.29 is 22.7 Å². The van der Waals surface area contributed by atoms with Gasteiger partial charge in [-0.05, 0) is 50.2 Å². The summed E-state index contributed by atoms with van der Waals surface area (Å²) in [5.74, 6) is 0.0928. The van der Waals surface area contributed by atoms with E-state index in [0.717, 1.165) is 33.2 Å². The molecule has 36 heavy (non-hydrogen) atoms. The molecule has 3 rings (SSSR count). The van der Waals surface area contributed by atoms with Crippen LogP contribution in [0.5, 0.6) is 11.5 Å². The van der Waals surface area contributed by atoms with Gasteiger partial charge in [-0.15, -0.1) is 0 Å². The van der Waals surface area contributed by atoms with Crippen molar-refractivity contribution in [2.45, 2.75) is 13.8 Å². The molecule has 0 saturated heterocycles. The zero-order valence-corrected chi connectivity index (χ0v) is 22.7. The van der Waals surface area contributed by atoms with Crippen LogP contribution in [0.15, 0.2) is 47.6 Å². The van der Waals surface area contributed by atoms with Crippen LogP contribution in [0.1, 0.15) is 17.0 Å². The number of aromatic nitrogens is 1. The average molecular weight is 553 g/mol. The van der Waals surface area contributed by atoms with Crippen molar-refractivity contribution >= 4 is 51.0 Å². The molecule has 2 aromatic carbocycles. The van der Waals surface area contributed by atoms with Crippen molar-refractivity contribution in [2.75, 3.05) is 31.3 Å². The van der Waals surface area contributed by atoms with Gasteiger partial charge >= 0.3 is 0 Å². The Kier molecular flexibility index (Phi) is 8.55. The Hall–Kier alpha value is -3.21. The second-order valence-corrected chi connectivity index (χ2v) is 10.6. The minimum Gasteiger partial charge on any atom is -0.497 e. The standard InChI is InChI=1S/C24H26Cl2N4O5S/c1-15-10-17(16(2)30(15)18-6-8-20(25)21(26)11-18)13-27-28-24(31)14-29(36(5,32)33)22-9-7-19(34-3)12-23(22)35-4/h6-13H,14H2,1-5H3,(H,28,31)/b27-13-. The van der Waals surface area contributed by atoms with E-state index in [0.29, 0.717) is 15.8 Å². The fourth-order valence-electron chi connectivity index (χ4n) is 3.65. The summed E-state index contributed by atoms with van der Waals surface area (Å²) in [5, 5.41) is 4.92. The minimum atomic E-state index is -3.81. The number of amides is 1. The minimum absolute atomic E-state index is 0.199. The number of ether oxygens (including phenoxy) is 2. The number of aryl methyl sites for hydroxylation is 1. The molecule has 0 spiro atoms. The van der Waals surface area contributed by atoms with Gasteiger partial charge < -0.3 is 14.0 Å². The van der Waals surface area contributed by atoms with Gasteiger partial charge in [-0.1, -0.05) is 23.2 Å². The normalized spacial score (nSPS) is 11.5. The Bertz CT molecular complexity index is 1420. The van der Waals surface area contributed by atoms with Crippen LogP contribution in [0.2, 0.25) is 10.0 Å². The number of carbonyl (C=O) groups excluding carboxylic acids is 1. The molecule has 0 saturated carbocycles. The van der Waals surface area contributed by atoms with E-state index in [-0.39, 0.29) is 11.4 Å². The Morgan fingerprint density at radius 2 is 1.81 bits per heavy atom. The lowest BCUT2D eigenvalue weighted by atomic mass is 10.2. The molecular formula is C24H26Cl2N4O5S. The van der Waals surface area contributed by atoms with Crippen molar-refractivity contribution in [1.29, 1.82) is 0 Å². The molecule has 1 N–H and O–H groups in total.